The summed E-state index contributed by atoms with van der Waals surface area (Å²) in [5, 5.41) is 6.93. The number of nitrogens with one attached hydrogen (secondary N) is 2. The van der Waals surface area contributed by atoms with Crippen molar-refractivity contribution in [3.63, 3.8) is 0 Å². The molecule has 1 aromatic rings. The number of aryl methyl sites for hydroxylation is 1. The van der Waals surface area contributed by atoms with Crippen molar-refractivity contribution in [2.24, 2.45) is 0 Å². The molecule has 1 saturated carbocycles. The van der Waals surface area contributed by atoms with Crippen LogP contribution in [0.15, 0.2) is 12.1 Å². The fourth-order valence-electron chi connectivity index (χ4n) is 1.85. The third-order valence-electron chi connectivity index (χ3n) is 2.91. The van der Waals surface area contributed by atoms with E-state index in [1.165, 1.54) is 24.1 Å². The Labute approximate surface area is 104 Å². The standard InChI is InChI=1S/C14H23N3/c1-4-12-7-11(9-15-13-5-6-13)8-14(17-12)16-10(2)3/h7-8,10,13,15H,4-6,9H2,1-3H3,(H,16,17). The summed E-state index contributed by atoms with van der Waals surface area (Å²) in [4.78, 5) is 4.60. The topological polar surface area (TPSA) is 37.0 Å². The van der Waals surface area contributed by atoms with E-state index in [2.05, 4.69) is 48.5 Å². The summed E-state index contributed by atoms with van der Waals surface area (Å²) < 4.78 is 0. The zero-order chi connectivity index (χ0) is 12.3. The van der Waals surface area contributed by atoms with Crippen LogP contribution in [0.2, 0.25) is 0 Å². The molecule has 2 N–H and O–H groups in total. The monoisotopic (exact) mass is 233 g/mol. The summed E-state index contributed by atoms with van der Waals surface area (Å²) in [5.41, 5.74) is 2.51. The minimum absolute atomic E-state index is 0.429. The highest BCUT2D eigenvalue weighted by Gasteiger charge is 2.20. The van der Waals surface area contributed by atoms with Crippen LogP contribution >= 0.6 is 0 Å². The van der Waals surface area contributed by atoms with Crippen molar-refractivity contribution in [1.82, 2.24) is 10.3 Å². The van der Waals surface area contributed by atoms with Gasteiger partial charge in [-0.05, 0) is 50.8 Å². The first-order valence-electron chi connectivity index (χ1n) is 6.67. The number of pyridine rings is 1. The Morgan fingerprint density at radius 2 is 2.12 bits per heavy atom. The second-order valence-electron chi connectivity index (χ2n) is 5.16. The van der Waals surface area contributed by atoms with Crippen molar-refractivity contribution < 1.29 is 0 Å². The Hall–Kier alpha value is -1.09. The first-order valence-corrected chi connectivity index (χ1v) is 6.67. The Kier molecular flexibility index (Phi) is 4.00. The lowest BCUT2D eigenvalue weighted by atomic mass is 10.2. The Morgan fingerprint density at radius 1 is 1.35 bits per heavy atom. The van der Waals surface area contributed by atoms with Crippen LogP contribution in [0.1, 0.15) is 44.9 Å². The van der Waals surface area contributed by atoms with Crippen molar-refractivity contribution in [2.45, 2.75) is 58.7 Å². The highest BCUT2D eigenvalue weighted by atomic mass is 15.0. The summed E-state index contributed by atoms with van der Waals surface area (Å²) in [7, 11) is 0. The molecule has 1 aromatic heterocycles. The van der Waals surface area contributed by atoms with E-state index in [9.17, 15) is 0 Å². The Bertz CT molecular complexity index is 370. The number of rotatable bonds is 6. The molecule has 94 valence electrons. The SMILES string of the molecule is CCc1cc(CNC2CC2)cc(NC(C)C)n1. The van der Waals surface area contributed by atoms with Gasteiger partial charge in [0.25, 0.3) is 0 Å². The van der Waals surface area contributed by atoms with Crippen molar-refractivity contribution in [3.8, 4) is 0 Å². The fraction of sp³-hybridized carbons (Fsp3) is 0.643. The Morgan fingerprint density at radius 3 is 2.71 bits per heavy atom. The van der Waals surface area contributed by atoms with Crippen molar-refractivity contribution >= 4 is 5.82 Å². The molecule has 0 unspecified atom stereocenters. The van der Waals surface area contributed by atoms with Gasteiger partial charge in [-0.15, -0.1) is 0 Å². The predicted molar refractivity (Wildman–Crippen MR) is 72.2 cm³/mol. The summed E-state index contributed by atoms with van der Waals surface area (Å²) in [6, 6.07) is 5.56. The van der Waals surface area contributed by atoms with Crippen LogP contribution in [-0.2, 0) is 13.0 Å². The first kappa shape index (κ1) is 12.4. The Balaban J connectivity index is 2.06. The molecule has 17 heavy (non-hydrogen) atoms. The normalized spacial score (nSPS) is 15.3. The van der Waals surface area contributed by atoms with E-state index in [-0.39, 0.29) is 0 Å². The zero-order valence-corrected chi connectivity index (χ0v) is 11.1. The molecule has 0 spiro atoms. The van der Waals surface area contributed by atoms with E-state index in [0.29, 0.717) is 6.04 Å². The molecule has 0 aliphatic heterocycles. The lowest BCUT2D eigenvalue weighted by Gasteiger charge is -2.12. The average Bonchev–Trinajstić information content (AvgIpc) is 3.09. The lowest BCUT2D eigenvalue weighted by Crippen LogP contribution is -2.17. The van der Waals surface area contributed by atoms with Crippen LogP contribution in [0, 0.1) is 0 Å². The molecule has 3 heteroatoms. The number of hydrogen-bond acceptors (Lipinski definition) is 3. The van der Waals surface area contributed by atoms with Gasteiger partial charge in [0, 0.05) is 24.3 Å². The van der Waals surface area contributed by atoms with Gasteiger partial charge >= 0.3 is 0 Å². The van der Waals surface area contributed by atoms with Crippen LogP contribution in [0.4, 0.5) is 5.82 Å². The lowest BCUT2D eigenvalue weighted by molar-refractivity contribution is 0.686. The van der Waals surface area contributed by atoms with E-state index < -0.39 is 0 Å². The molecule has 0 saturated heterocycles. The number of nitrogens with zero attached hydrogens (tertiary/aromatic N) is 1. The van der Waals surface area contributed by atoms with Crippen LogP contribution in [-0.4, -0.2) is 17.1 Å². The molecular formula is C14H23N3. The van der Waals surface area contributed by atoms with Gasteiger partial charge in [0.15, 0.2) is 0 Å². The van der Waals surface area contributed by atoms with Gasteiger partial charge in [0.2, 0.25) is 0 Å². The largest absolute Gasteiger partial charge is 0.368 e. The van der Waals surface area contributed by atoms with Crippen molar-refractivity contribution in [1.29, 1.82) is 0 Å². The molecule has 1 aliphatic carbocycles. The van der Waals surface area contributed by atoms with E-state index in [1.54, 1.807) is 0 Å². The van der Waals surface area contributed by atoms with Crippen molar-refractivity contribution in [2.75, 3.05) is 5.32 Å². The van der Waals surface area contributed by atoms with Crippen LogP contribution in [0.3, 0.4) is 0 Å². The van der Waals surface area contributed by atoms with Gasteiger partial charge in [-0.25, -0.2) is 4.98 Å². The summed E-state index contributed by atoms with van der Waals surface area (Å²) in [5.74, 6) is 1.01. The predicted octanol–water partition coefficient (Wildman–Crippen LogP) is 2.72. The van der Waals surface area contributed by atoms with E-state index >= 15 is 0 Å². The highest BCUT2D eigenvalue weighted by Crippen LogP contribution is 2.20. The van der Waals surface area contributed by atoms with Gasteiger partial charge in [-0.3, -0.25) is 0 Å². The molecule has 0 aromatic carbocycles. The maximum absolute atomic E-state index is 4.60. The quantitative estimate of drug-likeness (QED) is 0.793. The second-order valence-corrected chi connectivity index (χ2v) is 5.16. The smallest absolute Gasteiger partial charge is 0.126 e. The zero-order valence-electron chi connectivity index (χ0n) is 11.1. The number of anilines is 1. The van der Waals surface area contributed by atoms with Crippen LogP contribution < -0.4 is 10.6 Å². The number of hydrogen-bond donors (Lipinski definition) is 2. The molecule has 0 radical (unpaired) electrons. The van der Waals surface area contributed by atoms with E-state index in [0.717, 1.165) is 24.8 Å². The maximum atomic E-state index is 4.60. The minimum Gasteiger partial charge on any atom is -0.368 e. The second kappa shape index (κ2) is 5.50. The third-order valence-corrected chi connectivity index (χ3v) is 2.91. The van der Waals surface area contributed by atoms with Gasteiger partial charge in [-0.1, -0.05) is 6.92 Å². The molecule has 0 amide bonds. The number of aromatic nitrogens is 1. The molecule has 3 nitrogen and oxygen atoms in total. The minimum atomic E-state index is 0.429. The van der Waals surface area contributed by atoms with Gasteiger partial charge in [-0.2, -0.15) is 0 Å². The summed E-state index contributed by atoms with van der Waals surface area (Å²) in [6.45, 7) is 7.40. The first-order chi connectivity index (χ1) is 8.17. The maximum Gasteiger partial charge on any atom is 0.126 e. The third kappa shape index (κ3) is 4.00. The van der Waals surface area contributed by atoms with Crippen LogP contribution in [0.5, 0.6) is 0 Å². The molecular weight excluding hydrogens is 210 g/mol. The average molecular weight is 233 g/mol. The van der Waals surface area contributed by atoms with E-state index in [1.807, 2.05) is 0 Å². The molecule has 0 atom stereocenters. The fourth-order valence-corrected chi connectivity index (χ4v) is 1.85. The highest BCUT2D eigenvalue weighted by molar-refractivity contribution is 5.40. The van der Waals surface area contributed by atoms with E-state index in [4.69, 9.17) is 0 Å². The van der Waals surface area contributed by atoms with Gasteiger partial charge in [0.05, 0.1) is 0 Å². The molecule has 2 rings (SSSR count). The summed E-state index contributed by atoms with van der Waals surface area (Å²) in [6.07, 6.45) is 3.66. The molecule has 1 aliphatic rings. The van der Waals surface area contributed by atoms with Gasteiger partial charge in [0.1, 0.15) is 5.82 Å². The molecule has 1 heterocycles. The van der Waals surface area contributed by atoms with Gasteiger partial charge < -0.3 is 10.6 Å². The summed E-state index contributed by atoms with van der Waals surface area (Å²) >= 11 is 0. The van der Waals surface area contributed by atoms with Crippen molar-refractivity contribution in [3.05, 3.63) is 23.4 Å². The molecule has 1 fully saturated rings. The molecule has 0 bridgehead atoms. The van der Waals surface area contributed by atoms with Crippen LogP contribution in [0.25, 0.3) is 0 Å².